The predicted molar refractivity (Wildman–Crippen MR) is 233 cm³/mol. The second-order valence-electron chi connectivity index (χ2n) is 14.5. The first-order valence-corrected chi connectivity index (χ1v) is 19.0. The van der Waals surface area contributed by atoms with E-state index in [0.717, 1.165) is 72.2 Å². The van der Waals surface area contributed by atoms with Gasteiger partial charge in [-0.3, -0.25) is 0 Å². The number of hydrogen-bond donors (Lipinski definition) is 0. The summed E-state index contributed by atoms with van der Waals surface area (Å²) in [6, 6.07) is 69.0. The van der Waals surface area contributed by atoms with Crippen LogP contribution in [0.1, 0.15) is 0 Å². The molecule has 0 atom stereocenters. The van der Waals surface area contributed by atoms with Crippen molar-refractivity contribution in [2.75, 3.05) is 4.90 Å². The van der Waals surface area contributed by atoms with E-state index in [4.69, 9.17) is 8.83 Å². The third-order valence-electron chi connectivity index (χ3n) is 11.4. The zero-order chi connectivity index (χ0) is 36.7. The number of para-hydroxylation sites is 4. The quantitative estimate of drug-likeness (QED) is 0.178. The third kappa shape index (κ3) is 4.60. The smallest absolute Gasteiger partial charge is 0.159 e. The normalized spacial score (nSPS) is 11.9. The maximum atomic E-state index is 6.65. The van der Waals surface area contributed by atoms with Crippen LogP contribution in [0.2, 0.25) is 0 Å². The second-order valence-corrected chi connectivity index (χ2v) is 14.5. The van der Waals surface area contributed by atoms with Crippen LogP contribution in [0.25, 0.3) is 93.3 Å². The lowest BCUT2D eigenvalue weighted by Gasteiger charge is -2.26. The number of hydrogen-bond acceptors (Lipinski definition) is 3. The molecule has 262 valence electrons. The standard InChI is InChI=1S/C52H32N2O2/c1-2-12-35-31-38(29-25-33(35)11-1)54-44-17-6-3-13-39(44)43-32-36(26-30-45(43)54)34-23-27-37(28-24-34)53(46-18-10-22-50-51(46)42-15-5-8-21-49(42)55-50)47-19-9-16-41-40-14-4-7-20-48(40)56-52(41)47/h1-32H. The Hall–Kier alpha value is -7.56. The molecule has 0 amide bonds. The molecule has 0 N–H and O–H groups in total. The Kier molecular flexibility index (Phi) is 6.60. The molecule has 4 nitrogen and oxygen atoms in total. The summed E-state index contributed by atoms with van der Waals surface area (Å²) in [4.78, 5) is 2.32. The molecular formula is C52H32N2O2. The average molecular weight is 717 g/mol. The van der Waals surface area contributed by atoms with Gasteiger partial charge >= 0.3 is 0 Å². The van der Waals surface area contributed by atoms with Crippen molar-refractivity contribution in [2.45, 2.75) is 0 Å². The molecule has 0 aliphatic carbocycles. The van der Waals surface area contributed by atoms with Crippen molar-refractivity contribution in [1.29, 1.82) is 0 Å². The molecule has 3 aromatic heterocycles. The maximum absolute atomic E-state index is 6.65. The van der Waals surface area contributed by atoms with E-state index in [1.54, 1.807) is 0 Å². The fourth-order valence-corrected chi connectivity index (χ4v) is 8.81. The van der Waals surface area contributed by atoms with Gasteiger partial charge in [-0.2, -0.15) is 0 Å². The van der Waals surface area contributed by atoms with Crippen LogP contribution in [0, 0.1) is 0 Å². The van der Waals surface area contributed by atoms with Gasteiger partial charge in [0.05, 0.1) is 27.8 Å². The van der Waals surface area contributed by atoms with E-state index in [1.165, 1.54) is 38.1 Å². The molecular weight excluding hydrogens is 685 g/mol. The van der Waals surface area contributed by atoms with Crippen LogP contribution in [0.3, 0.4) is 0 Å². The van der Waals surface area contributed by atoms with E-state index in [0.29, 0.717) is 0 Å². The molecule has 4 heteroatoms. The molecule has 0 unspecified atom stereocenters. The third-order valence-corrected chi connectivity index (χ3v) is 11.4. The van der Waals surface area contributed by atoms with E-state index < -0.39 is 0 Å². The van der Waals surface area contributed by atoms with Crippen LogP contribution in [-0.4, -0.2) is 4.57 Å². The zero-order valence-corrected chi connectivity index (χ0v) is 30.2. The van der Waals surface area contributed by atoms with E-state index in [1.807, 2.05) is 24.3 Å². The summed E-state index contributed by atoms with van der Waals surface area (Å²) < 4.78 is 15.4. The second kappa shape index (κ2) is 12.0. The number of fused-ring (bicyclic) bond motifs is 10. The van der Waals surface area contributed by atoms with E-state index in [2.05, 4.69) is 179 Å². The maximum Gasteiger partial charge on any atom is 0.159 e. The van der Waals surface area contributed by atoms with Gasteiger partial charge in [-0.15, -0.1) is 0 Å². The Bertz CT molecular complexity index is 3490. The number of anilines is 3. The van der Waals surface area contributed by atoms with Gasteiger partial charge in [0.15, 0.2) is 5.58 Å². The fourth-order valence-electron chi connectivity index (χ4n) is 8.81. The first kappa shape index (κ1) is 30.9. The van der Waals surface area contributed by atoms with Crippen molar-refractivity contribution in [3.05, 3.63) is 194 Å². The van der Waals surface area contributed by atoms with E-state index in [9.17, 15) is 0 Å². The number of furan rings is 2. The summed E-state index contributed by atoms with van der Waals surface area (Å²) in [5.41, 5.74) is 12.3. The van der Waals surface area contributed by atoms with Gasteiger partial charge in [-0.05, 0) is 94.7 Å². The lowest BCUT2D eigenvalue weighted by molar-refractivity contribution is 0.668. The lowest BCUT2D eigenvalue weighted by Crippen LogP contribution is -2.10. The Labute approximate surface area is 321 Å². The van der Waals surface area contributed by atoms with E-state index >= 15 is 0 Å². The zero-order valence-electron chi connectivity index (χ0n) is 30.2. The van der Waals surface area contributed by atoms with Crippen LogP contribution >= 0.6 is 0 Å². The molecule has 0 saturated carbocycles. The number of benzene rings is 9. The highest BCUT2D eigenvalue weighted by molar-refractivity contribution is 6.16. The summed E-state index contributed by atoms with van der Waals surface area (Å²) in [6.45, 7) is 0. The van der Waals surface area contributed by atoms with Crippen molar-refractivity contribution in [2.24, 2.45) is 0 Å². The molecule has 12 rings (SSSR count). The Morgan fingerprint density at radius 3 is 1.89 bits per heavy atom. The van der Waals surface area contributed by atoms with Gasteiger partial charge in [0, 0.05) is 38.3 Å². The Balaban J connectivity index is 1.02. The minimum absolute atomic E-state index is 0.843. The minimum Gasteiger partial charge on any atom is -0.456 e. The van der Waals surface area contributed by atoms with Crippen LogP contribution in [0.15, 0.2) is 203 Å². The molecule has 0 radical (unpaired) electrons. The molecule has 0 saturated heterocycles. The van der Waals surface area contributed by atoms with Crippen LogP contribution in [0.4, 0.5) is 17.1 Å². The highest BCUT2D eigenvalue weighted by Gasteiger charge is 2.23. The van der Waals surface area contributed by atoms with Crippen molar-refractivity contribution >= 4 is 93.5 Å². The number of nitrogens with zero attached hydrogens (tertiary/aromatic N) is 2. The molecule has 0 bridgehead atoms. The molecule has 0 spiro atoms. The van der Waals surface area contributed by atoms with Gasteiger partial charge in [0.1, 0.15) is 16.7 Å². The molecule has 0 fully saturated rings. The summed E-state index contributed by atoms with van der Waals surface area (Å²) in [5.74, 6) is 0. The molecule has 9 aromatic carbocycles. The lowest BCUT2D eigenvalue weighted by atomic mass is 10.0. The molecule has 0 aliphatic heterocycles. The number of aromatic nitrogens is 1. The SMILES string of the molecule is c1ccc2cc(-n3c4ccccc4c4cc(-c5ccc(N(c6cccc7c6oc6ccccc67)c6cccc7oc8ccccc8c67)cc5)ccc43)ccc2c1. The molecule has 0 aliphatic rings. The topological polar surface area (TPSA) is 34.5 Å². The highest BCUT2D eigenvalue weighted by Crippen LogP contribution is 2.47. The molecule has 3 heterocycles. The van der Waals surface area contributed by atoms with E-state index in [-0.39, 0.29) is 0 Å². The molecule has 12 aromatic rings. The number of rotatable bonds is 5. The van der Waals surface area contributed by atoms with Crippen molar-refractivity contribution in [1.82, 2.24) is 4.57 Å². The van der Waals surface area contributed by atoms with Crippen molar-refractivity contribution in [3.8, 4) is 16.8 Å². The van der Waals surface area contributed by atoms with Gasteiger partial charge in [-0.25, -0.2) is 0 Å². The first-order valence-electron chi connectivity index (χ1n) is 19.0. The van der Waals surface area contributed by atoms with Gasteiger partial charge in [0.2, 0.25) is 0 Å². The minimum atomic E-state index is 0.843. The van der Waals surface area contributed by atoms with Gasteiger partial charge in [0.25, 0.3) is 0 Å². The monoisotopic (exact) mass is 716 g/mol. The Morgan fingerprint density at radius 2 is 1.02 bits per heavy atom. The van der Waals surface area contributed by atoms with Gasteiger partial charge < -0.3 is 18.3 Å². The van der Waals surface area contributed by atoms with Crippen molar-refractivity contribution in [3.63, 3.8) is 0 Å². The summed E-state index contributed by atoms with van der Waals surface area (Å²) >= 11 is 0. The fraction of sp³-hybridized carbons (Fsp3) is 0. The summed E-state index contributed by atoms with van der Waals surface area (Å²) in [6.07, 6.45) is 0. The van der Waals surface area contributed by atoms with Gasteiger partial charge in [-0.1, -0.05) is 121 Å². The van der Waals surface area contributed by atoms with Crippen LogP contribution in [0.5, 0.6) is 0 Å². The molecule has 56 heavy (non-hydrogen) atoms. The summed E-state index contributed by atoms with van der Waals surface area (Å²) in [7, 11) is 0. The van der Waals surface area contributed by atoms with Crippen LogP contribution in [-0.2, 0) is 0 Å². The first-order chi connectivity index (χ1) is 27.8. The highest BCUT2D eigenvalue weighted by atomic mass is 16.3. The van der Waals surface area contributed by atoms with Crippen molar-refractivity contribution < 1.29 is 8.83 Å². The average Bonchev–Trinajstić information content (AvgIpc) is 3.94. The predicted octanol–water partition coefficient (Wildman–Crippen LogP) is 14.9. The largest absolute Gasteiger partial charge is 0.456 e. The Morgan fingerprint density at radius 1 is 0.375 bits per heavy atom. The summed E-state index contributed by atoms with van der Waals surface area (Å²) in [5, 5.41) is 9.26. The van der Waals surface area contributed by atoms with Crippen LogP contribution < -0.4 is 4.90 Å².